The van der Waals surface area contributed by atoms with E-state index in [1.54, 1.807) is 11.9 Å². The van der Waals surface area contributed by atoms with Gasteiger partial charge in [-0.3, -0.25) is 4.79 Å². The highest BCUT2D eigenvalue weighted by Gasteiger charge is 2.17. The topological polar surface area (TPSA) is 66.3 Å². The summed E-state index contributed by atoms with van der Waals surface area (Å²) >= 11 is 0. The molecule has 0 aromatic carbocycles. The van der Waals surface area contributed by atoms with E-state index in [2.05, 4.69) is 30.7 Å². The van der Waals surface area contributed by atoms with Crippen LogP contribution in [0, 0.1) is 0 Å². The lowest BCUT2D eigenvalue weighted by atomic mass is 9.92. The molecule has 88 valence electrons. The van der Waals surface area contributed by atoms with Crippen molar-refractivity contribution in [1.29, 1.82) is 0 Å². The SMILES string of the molecule is CN(CC(=O)O)c1cc(C(C)(C)C)ncn1. The van der Waals surface area contributed by atoms with Crippen LogP contribution in [0.4, 0.5) is 5.82 Å². The lowest BCUT2D eigenvalue weighted by molar-refractivity contribution is -0.135. The molecule has 1 N–H and O–H groups in total. The van der Waals surface area contributed by atoms with E-state index in [-0.39, 0.29) is 12.0 Å². The van der Waals surface area contributed by atoms with E-state index in [1.165, 1.54) is 6.33 Å². The molecular weight excluding hydrogens is 206 g/mol. The molecule has 0 fully saturated rings. The van der Waals surface area contributed by atoms with Crippen LogP contribution < -0.4 is 4.90 Å². The first-order valence-corrected chi connectivity index (χ1v) is 5.06. The molecule has 0 unspecified atom stereocenters. The Labute approximate surface area is 95.1 Å². The highest BCUT2D eigenvalue weighted by molar-refractivity contribution is 5.72. The molecule has 0 aliphatic rings. The minimum atomic E-state index is -0.876. The van der Waals surface area contributed by atoms with Crippen LogP contribution in [0.15, 0.2) is 12.4 Å². The van der Waals surface area contributed by atoms with Gasteiger partial charge in [-0.2, -0.15) is 0 Å². The summed E-state index contributed by atoms with van der Waals surface area (Å²) in [7, 11) is 1.70. The normalized spacial score (nSPS) is 11.2. The third-order valence-electron chi connectivity index (χ3n) is 2.18. The highest BCUT2D eigenvalue weighted by atomic mass is 16.4. The van der Waals surface area contributed by atoms with Crippen molar-refractivity contribution in [3.63, 3.8) is 0 Å². The van der Waals surface area contributed by atoms with Crippen molar-refractivity contribution < 1.29 is 9.90 Å². The molecule has 0 amide bonds. The van der Waals surface area contributed by atoms with Crippen molar-refractivity contribution >= 4 is 11.8 Å². The van der Waals surface area contributed by atoms with Gasteiger partial charge < -0.3 is 10.0 Å². The summed E-state index contributed by atoms with van der Waals surface area (Å²) in [6.45, 7) is 6.09. The molecule has 1 rings (SSSR count). The van der Waals surface area contributed by atoms with Gasteiger partial charge in [0.05, 0.1) is 5.69 Å². The number of likely N-dealkylation sites (N-methyl/N-ethyl adjacent to an activating group) is 1. The van der Waals surface area contributed by atoms with Gasteiger partial charge in [-0.25, -0.2) is 9.97 Å². The largest absolute Gasteiger partial charge is 0.480 e. The molecular formula is C11H17N3O2. The second-order valence-electron chi connectivity index (χ2n) is 4.76. The average molecular weight is 223 g/mol. The van der Waals surface area contributed by atoms with Crippen LogP contribution in [-0.2, 0) is 10.2 Å². The fourth-order valence-corrected chi connectivity index (χ4v) is 1.25. The molecule has 1 aromatic heterocycles. The predicted octanol–water partition coefficient (Wildman–Crippen LogP) is 1.29. The molecule has 0 spiro atoms. The molecule has 5 heteroatoms. The summed E-state index contributed by atoms with van der Waals surface area (Å²) in [4.78, 5) is 20.4. The Morgan fingerprint density at radius 1 is 1.44 bits per heavy atom. The fourth-order valence-electron chi connectivity index (χ4n) is 1.25. The van der Waals surface area contributed by atoms with Gasteiger partial charge >= 0.3 is 5.97 Å². The second-order valence-corrected chi connectivity index (χ2v) is 4.76. The van der Waals surface area contributed by atoms with Gasteiger partial charge in [0, 0.05) is 18.5 Å². The Kier molecular flexibility index (Phi) is 3.47. The zero-order valence-electron chi connectivity index (χ0n) is 10.1. The zero-order valence-corrected chi connectivity index (χ0v) is 10.1. The van der Waals surface area contributed by atoms with Crippen LogP contribution in [0.5, 0.6) is 0 Å². The quantitative estimate of drug-likeness (QED) is 0.836. The minimum absolute atomic E-state index is 0.0677. The molecule has 0 radical (unpaired) electrons. The molecule has 0 aliphatic heterocycles. The smallest absolute Gasteiger partial charge is 0.323 e. The van der Waals surface area contributed by atoms with Gasteiger partial charge in [0.1, 0.15) is 18.7 Å². The molecule has 5 nitrogen and oxygen atoms in total. The number of aromatic nitrogens is 2. The van der Waals surface area contributed by atoms with Crippen LogP contribution in [0.25, 0.3) is 0 Å². The number of carbonyl (C=O) groups is 1. The Morgan fingerprint density at radius 2 is 2.06 bits per heavy atom. The van der Waals surface area contributed by atoms with Crippen LogP contribution in [0.2, 0.25) is 0 Å². The van der Waals surface area contributed by atoms with E-state index in [9.17, 15) is 4.79 Å². The Morgan fingerprint density at radius 3 is 2.56 bits per heavy atom. The Balaban J connectivity index is 2.94. The lowest BCUT2D eigenvalue weighted by Gasteiger charge is -2.20. The standard InChI is InChI=1S/C11H17N3O2/c1-11(2,3)8-5-9(13-7-12-8)14(4)6-10(15)16/h5,7H,6H2,1-4H3,(H,15,16). The number of hydrogen-bond donors (Lipinski definition) is 1. The highest BCUT2D eigenvalue weighted by Crippen LogP contribution is 2.22. The van der Waals surface area contributed by atoms with Crippen molar-refractivity contribution in [2.75, 3.05) is 18.5 Å². The Bertz CT molecular complexity index is 385. The van der Waals surface area contributed by atoms with E-state index in [4.69, 9.17) is 5.11 Å². The van der Waals surface area contributed by atoms with Crippen molar-refractivity contribution in [2.45, 2.75) is 26.2 Å². The summed E-state index contributed by atoms with van der Waals surface area (Å²) in [5, 5.41) is 8.69. The van der Waals surface area contributed by atoms with E-state index in [1.807, 2.05) is 6.07 Å². The van der Waals surface area contributed by atoms with E-state index in [0.29, 0.717) is 5.82 Å². The molecule has 0 saturated carbocycles. The molecule has 0 aliphatic carbocycles. The van der Waals surface area contributed by atoms with Crippen molar-refractivity contribution in [1.82, 2.24) is 9.97 Å². The van der Waals surface area contributed by atoms with Gasteiger partial charge in [0.2, 0.25) is 0 Å². The van der Waals surface area contributed by atoms with Gasteiger partial charge in [-0.15, -0.1) is 0 Å². The first-order valence-electron chi connectivity index (χ1n) is 5.06. The molecule has 0 bridgehead atoms. The summed E-state index contributed by atoms with van der Waals surface area (Å²) in [5.74, 6) is -0.249. The molecule has 1 aromatic rings. The molecule has 16 heavy (non-hydrogen) atoms. The summed E-state index contributed by atoms with van der Waals surface area (Å²) in [6, 6.07) is 1.82. The molecule has 0 saturated heterocycles. The Hall–Kier alpha value is -1.65. The van der Waals surface area contributed by atoms with Crippen LogP contribution >= 0.6 is 0 Å². The number of carboxylic acids is 1. The maximum absolute atomic E-state index is 10.6. The maximum Gasteiger partial charge on any atom is 0.323 e. The van der Waals surface area contributed by atoms with Crippen molar-refractivity contribution in [3.05, 3.63) is 18.1 Å². The van der Waals surface area contributed by atoms with Crippen molar-refractivity contribution in [3.8, 4) is 0 Å². The summed E-state index contributed by atoms with van der Waals surface area (Å²) in [6.07, 6.45) is 1.47. The third-order valence-corrected chi connectivity index (χ3v) is 2.18. The van der Waals surface area contributed by atoms with E-state index >= 15 is 0 Å². The lowest BCUT2D eigenvalue weighted by Crippen LogP contribution is -2.26. The number of anilines is 1. The summed E-state index contributed by atoms with van der Waals surface area (Å²) in [5.41, 5.74) is 0.830. The number of nitrogens with zero attached hydrogens (tertiary/aromatic N) is 3. The number of aliphatic carboxylic acids is 1. The predicted molar refractivity (Wildman–Crippen MR) is 61.6 cm³/mol. The fraction of sp³-hybridized carbons (Fsp3) is 0.545. The second kappa shape index (κ2) is 4.47. The van der Waals surface area contributed by atoms with E-state index in [0.717, 1.165) is 5.69 Å². The minimum Gasteiger partial charge on any atom is -0.480 e. The van der Waals surface area contributed by atoms with E-state index < -0.39 is 5.97 Å². The molecule has 1 heterocycles. The van der Waals surface area contributed by atoms with Crippen LogP contribution in [-0.4, -0.2) is 34.6 Å². The van der Waals surface area contributed by atoms with Gasteiger partial charge in [0.25, 0.3) is 0 Å². The first-order chi connectivity index (χ1) is 7.30. The maximum atomic E-state index is 10.6. The third kappa shape index (κ3) is 3.18. The van der Waals surface area contributed by atoms with Crippen LogP contribution in [0.3, 0.4) is 0 Å². The first kappa shape index (κ1) is 12.4. The van der Waals surface area contributed by atoms with Gasteiger partial charge in [-0.05, 0) is 0 Å². The number of carboxylic acid groups (broad SMARTS) is 1. The average Bonchev–Trinajstić information content (AvgIpc) is 2.15. The number of hydrogen-bond acceptors (Lipinski definition) is 4. The van der Waals surface area contributed by atoms with Crippen LogP contribution in [0.1, 0.15) is 26.5 Å². The molecule has 0 atom stereocenters. The monoisotopic (exact) mass is 223 g/mol. The van der Waals surface area contributed by atoms with Gasteiger partial charge in [-0.1, -0.05) is 20.8 Å². The van der Waals surface area contributed by atoms with Gasteiger partial charge in [0.15, 0.2) is 0 Å². The number of rotatable bonds is 3. The summed E-state index contributed by atoms with van der Waals surface area (Å²) < 4.78 is 0. The van der Waals surface area contributed by atoms with Crippen molar-refractivity contribution in [2.24, 2.45) is 0 Å². The zero-order chi connectivity index (χ0) is 12.3.